The molecule has 0 bridgehead atoms. The third kappa shape index (κ3) is 2.56. The second-order valence-corrected chi connectivity index (χ2v) is 4.80. The van der Waals surface area contributed by atoms with Crippen molar-refractivity contribution in [2.24, 2.45) is 5.73 Å². The van der Waals surface area contributed by atoms with E-state index in [1.54, 1.807) is 19.1 Å². The summed E-state index contributed by atoms with van der Waals surface area (Å²) in [4.78, 5) is 0. The highest BCUT2D eigenvalue weighted by molar-refractivity contribution is 14.1. The molecule has 0 radical (unpaired) electrons. The van der Waals surface area contributed by atoms with E-state index in [-0.39, 0.29) is 6.61 Å². The summed E-state index contributed by atoms with van der Waals surface area (Å²) in [5, 5.41) is 9.73. The summed E-state index contributed by atoms with van der Waals surface area (Å²) in [6.45, 7) is 1.68. The second-order valence-electron chi connectivity index (χ2n) is 3.20. The number of halogens is 2. The second kappa shape index (κ2) is 4.13. The molecule has 0 fully saturated rings. The van der Waals surface area contributed by atoms with Gasteiger partial charge in [-0.1, -0.05) is 11.6 Å². The molecular weight excluding hydrogens is 300 g/mol. The van der Waals surface area contributed by atoms with Crippen LogP contribution in [0.3, 0.4) is 0 Å². The smallest absolute Gasteiger partial charge is 0.0650 e. The van der Waals surface area contributed by atoms with Gasteiger partial charge in [-0.25, -0.2) is 0 Å². The molecule has 0 aliphatic rings. The molecule has 0 spiro atoms. The van der Waals surface area contributed by atoms with Crippen LogP contribution in [0.1, 0.15) is 12.5 Å². The third-order valence-corrected chi connectivity index (χ3v) is 3.05. The van der Waals surface area contributed by atoms with Crippen molar-refractivity contribution < 1.29 is 5.11 Å². The van der Waals surface area contributed by atoms with E-state index in [4.69, 9.17) is 22.4 Å². The van der Waals surface area contributed by atoms with E-state index in [1.807, 2.05) is 6.07 Å². The summed E-state index contributed by atoms with van der Waals surface area (Å²) < 4.78 is 1.01. The van der Waals surface area contributed by atoms with Crippen LogP contribution in [0.4, 0.5) is 0 Å². The lowest BCUT2D eigenvalue weighted by Gasteiger charge is -2.23. The molecule has 3 N–H and O–H groups in total. The van der Waals surface area contributed by atoms with E-state index in [1.165, 1.54) is 0 Å². The van der Waals surface area contributed by atoms with Gasteiger partial charge in [-0.15, -0.1) is 0 Å². The monoisotopic (exact) mass is 311 g/mol. The van der Waals surface area contributed by atoms with Gasteiger partial charge in [0.15, 0.2) is 0 Å². The number of nitrogens with two attached hydrogens (primary N) is 1. The highest BCUT2D eigenvalue weighted by Crippen LogP contribution is 2.26. The average molecular weight is 312 g/mol. The topological polar surface area (TPSA) is 46.2 Å². The van der Waals surface area contributed by atoms with Gasteiger partial charge in [0.1, 0.15) is 0 Å². The zero-order valence-electron chi connectivity index (χ0n) is 7.22. The Labute approximate surface area is 96.2 Å². The minimum atomic E-state index is -0.721. The Balaban J connectivity index is 3.20. The molecule has 0 amide bonds. The summed E-state index contributed by atoms with van der Waals surface area (Å²) in [7, 11) is 0. The maximum absolute atomic E-state index is 9.09. The first kappa shape index (κ1) is 11.2. The van der Waals surface area contributed by atoms with Crippen molar-refractivity contribution in [3.05, 3.63) is 32.4 Å². The van der Waals surface area contributed by atoms with Gasteiger partial charge in [0.25, 0.3) is 0 Å². The van der Waals surface area contributed by atoms with Crippen molar-refractivity contribution in [3.8, 4) is 0 Å². The van der Waals surface area contributed by atoms with Crippen LogP contribution in [-0.2, 0) is 5.54 Å². The molecule has 72 valence electrons. The molecule has 13 heavy (non-hydrogen) atoms. The van der Waals surface area contributed by atoms with Crippen LogP contribution in [0.2, 0.25) is 5.02 Å². The van der Waals surface area contributed by atoms with Gasteiger partial charge in [0.2, 0.25) is 0 Å². The van der Waals surface area contributed by atoms with Crippen LogP contribution < -0.4 is 5.73 Å². The summed E-state index contributed by atoms with van der Waals surface area (Å²) in [5.41, 5.74) is 6.05. The van der Waals surface area contributed by atoms with Crippen LogP contribution in [0.5, 0.6) is 0 Å². The van der Waals surface area contributed by atoms with Crippen molar-refractivity contribution in [1.82, 2.24) is 0 Å². The standard InChI is InChI=1S/C9H11ClINO/c1-9(12,5-13)7-4-6(10)2-3-8(7)11/h2-4,13H,5,12H2,1H3. The molecule has 4 heteroatoms. The Morgan fingerprint density at radius 3 is 2.77 bits per heavy atom. The summed E-state index contributed by atoms with van der Waals surface area (Å²) in [5.74, 6) is 0. The van der Waals surface area contributed by atoms with Crippen LogP contribution in [0.15, 0.2) is 18.2 Å². The fourth-order valence-electron chi connectivity index (χ4n) is 1.02. The van der Waals surface area contributed by atoms with Crippen LogP contribution >= 0.6 is 34.2 Å². The Hall–Kier alpha value is 0.160. The predicted molar refractivity (Wildman–Crippen MR) is 62.8 cm³/mol. The zero-order valence-corrected chi connectivity index (χ0v) is 10.1. The van der Waals surface area contributed by atoms with Gasteiger partial charge in [0.05, 0.1) is 12.1 Å². The number of hydrogen-bond donors (Lipinski definition) is 2. The molecule has 0 aromatic heterocycles. The Morgan fingerprint density at radius 1 is 1.62 bits per heavy atom. The largest absolute Gasteiger partial charge is 0.394 e. The molecule has 1 unspecified atom stereocenters. The first-order chi connectivity index (χ1) is 5.97. The van der Waals surface area contributed by atoms with Gasteiger partial charge >= 0.3 is 0 Å². The number of benzene rings is 1. The Morgan fingerprint density at radius 2 is 2.23 bits per heavy atom. The molecule has 1 rings (SSSR count). The van der Waals surface area contributed by atoms with Gasteiger partial charge < -0.3 is 10.8 Å². The SMILES string of the molecule is CC(N)(CO)c1cc(Cl)ccc1I. The van der Waals surface area contributed by atoms with Crippen molar-refractivity contribution >= 4 is 34.2 Å². The lowest BCUT2D eigenvalue weighted by atomic mass is 9.94. The van der Waals surface area contributed by atoms with Crippen LogP contribution in [-0.4, -0.2) is 11.7 Å². The molecule has 1 aromatic carbocycles. The maximum Gasteiger partial charge on any atom is 0.0650 e. The van der Waals surface area contributed by atoms with Gasteiger partial charge in [-0.05, 0) is 53.3 Å². The Kier molecular flexibility index (Phi) is 3.57. The van der Waals surface area contributed by atoms with E-state index in [2.05, 4.69) is 22.6 Å². The van der Waals surface area contributed by atoms with E-state index in [0.717, 1.165) is 9.13 Å². The number of aliphatic hydroxyl groups excluding tert-OH is 1. The quantitative estimate of drug-likeness (QED) is 0.822. The number of aliphatic hydroxyl groups is 1. The van der Waals surface area contributed by atoms with Gasteiger partial charge in [0, 0.05) is 8.59 Å². The maximum atomic E-state index is 9.09. The van der Waals surface area contributed by atoms with E-state index >= 15 is 0 Å². The fourth-order valence-corrected chi connectivity index (χ4v) is 2.14. The summed E-state index contributed by atoms with van der Waals surface area (Å²) >= 11 is 8.02. The Bertz CT molecular complexity index is 314. The summed E-state index contributed by atoms with van der Waals surface area (Å²) in [6, 6.07) is 5.48. The van der Waals surface area contributed by atoms with Crippen molar-refractivity contribution in [1.29, 1.82) is 0 Å². The fraction of sp³-hybridized carbons (Fsp3) is 0.333. The predicted octanol–water partition coefficient (Wildman–Crippen LogP) is 2.11. The molecule has 0 aliphatic heterocycles. The average Bonchev–Trinajstić information content (AvgIpc) is 2.09. The van der Waals surface area contributed by atoms with Crippen LogP contribution in [0.25, 0.3) is 0 Å². The first-order valence-corrected chi connectivity index (χ1v) is 5.28. The van der Waals surface area contributed by atoms with Gasteiger partial charge in [-0.3, -0.25) is 0 Å². The lowest BCUT2D eigenvalue weighted by Crippen LogP contribution is -2.37. The minimum Gasteiger partial charge on any atom is -0.394 e. The summed E-state index contributed by atoms with van der Waals surface area (Å²) in [6.07, 6.45) is 0. The van der Waals surface area contributed by atoms with Crippen molar-refractivity contribution in [2.75, 3.05) is 6.61 Å². The van der Waals surface area contributed by atoms with E-state index < -0.39 is 5.54 Å². The van der Waals surface area contributed by atoms with E-state index in [9.17, 15) is 0 Å². The van der Waals surface area contributed by atoms with Crippen LogP contribution in [0, 0.1) is 3.57 Å². The number of hydrogen-bond acceptors (Lipinski definition) is 2. The van der Waals surface area contributed by atoms with Crippen molar-refractivity contribution in [3.63, 3.8) is 0 Å². The molecular formula is C9H11ClINO. The normalized spacial score (nSPS) is 15.5. The van der Waals surface area contributed by atoms with Gasteiger partial charge in [-0.2, -0.15) is 0 Å². The zero-order chi connectivity index (χ0) is 10.1. The molecule has 0 saturated heterocycles. The minimum absolute atomic E-state index is 0.0939. The molecule has 0 heterocycles. The molecule has 0 saturated carbocycles. The van der Waals surface area contributed by atoms with Crippen molar-refractivity contribution in [2.45, 2.75) is 12.5 Å². The highest BCUT2D eigenvalue weighted by atomic mass is 127. The van der Waals surface area contributed by atoms with E-state index in [0.29, 0.717) is 5.02 Å². The number of rotatable bonds is 2. The first-order valence-electron chi connectivity index (χ1n) is 3.82. The highest BCUT2D eigenvalue weighted by Gasteiger charge is 2.22. The molecule has 2 nitrogen and oxygen atoms in total. The molecule has 1 atom stereocenters. The molecule has 1 aromatic rings. The molecule has 0 aliphatic carbocycles. The third-order valence-electron chi connectivity index (χ3n) is 1.87. The lowest BCUT2D eigenvalue weighted by molar-refractivity contribution is 0.209.